The van der Waals surface area contributed by atoms with Crippen LogP contribution in [0.2, 0.25) is 0 Å². The summed E-state index contributed by atoms with van der Waals surface area (Å²) in [5.74, 6) is -0.414. The second kappa shape index (κ2) is 12.2. The first kappa shape index (κ1) is 28.0. The van der Waals surface area contributed by atoms with E-state index in [1.54, 1.807) is 21.9 Å². The molecular formula is C27H33N3O6S2. The first-order valence-electron chi connectivity index (χ1n) is 12.9. The molecule has 0 aliphatic carbocycles. The average Bonchev–Trinajstić information content (AvgIpc) is 3.26. The van der Waals surface area contributed by atoms with Crippen molar-refractivity contribution in [2.24, 2.45) is 4.99 Å². The van der Waals surface area contributed by atoms with Crippen molar-refractivity contribution in [1.82, 2.24) is 8.87 Å². The van der Waals surface area contributed by atoms with Crippen LogP contribution in [0.5, 0.6) is 5.75 Å². The Hall–Kier alpha value is -3.02. The van der Waals surface area contributed by atoms with E-state index in [0.717, 1.165) is 30.4 Å². The van der Waals surface area contributed by atoms with Crippen molar-refractivity contribution in [3.63, 3.8) is 0 Å². The summed E-state index contributed by atoms with van der Waals surface area (Å²) in [6, 6.07) is 11.4. The van der Waals surface area contributed by atoms with Crippen molar-refractivity contribution in [2.75, 3.05) is 19.8 Å². The Morgan fingerprint density at radius 3 is 2.50 bits per heavy atom. The number of amides is 1. The molecule has 2 aromatic carbocycles. The molecule has 0 bridgehead atoms. The van der Waals surface area contributed by atoms with Crippen molar-refractivity contribution < 1.29 is 27.5 Å². The SMILES string of the molecule is CCOC(=O)Cn1c(=NC(=O)c2ccc(S(=O)(=O)N3CCCCC3CC)cc2)sc2cccc(OCC)c21. The number of hydrogen-bond donors (Lipinski definition) is 0. The number of benzene rings is 2. The van der Waals surface area contributed by atoms with Crippen molar-refractivity contribution in [3.8, 4) is 5.75 Å². The Labute approximate surface area is 226 Å². The second-order valence-corrected chi connectivity index (χ2v) is 11.8. The Bertz CT molecular complexity index is 1470. The molecule has 4 rings (SSSR count). The van der Waals surface area contributed by atoms with Crippen molar-refractivity contribution in [1.29, 1.82) is 0 Å². The lowest BCUT2D eigenvalue weighted by molar-refractivity contribution is -0.143. The molecule has 1 aliphatic heterocycles. The maximum absolute atomic E-state index is 13.3. The van der Waals surface area contributed by atoms with E-state index in [1.165, 1.54) is 35.6 Å². The molecule has 2 heterocycles. The zero-order chi connectivity index (χ0) is 27.3. The largest absolute Gasteiger partial charge is 0.492 e. The molecule has 204 valence electrons. The first-order chi connectivity index (χ1) is 18.3. The van der Waals surface area contributed by atoms with Crippen LogP contribution in [-0.4, -0.2) is 55.0 Å². The van der Waals surface area contributed by atoms with Gasteiger partial charge >= 0.3 is 5.97 Å². The van der Waals surface area contributed by atoms with Crippen molar-refractivity contribution >= 4 is 43.5 Å². The number of esters is 1. The van der Waals surface area contributed by atoms with E-state index >= 15 is 0 Å². The monoisotopic (exact) mass is 559 g/mol. The second-order valence-electron chi connectivity index (χ2n) is 8.93. The fourth-order valence-corrected chi connectivity index (χ4v) is 7.50. The molecule has 1 unspecified atom stereocenters. The van der Waals surface area contributed by atoms with E-state index in [-0.39, 0.29) is 29.7 Å². The summed E-state index contributed by atoms with van der Waals surface area (Å²) < 4.78 is 41.5. The van der Waals surface area contributed by atoms with Crippen LogP contribution in [0.25, 0.3) is 10.2 Å². The number of ether oxygens (including phenoxy) is 2. The van der Waals surface area contributed by atoms with E-state index in [1.807, 2.05) is 26.0 Å². The molecule has 11 heteroatoms. The Morgan fingerprint density at radius 2 is 1.82 bits per heavy atom. The van der Waals surface area contributed by atoms with Crippen LogP contribution in [0.3, 0.4) is 0 Å². The van der Waals surface area contributed by atoms with Crippen molar-refractivity contribution in [3.05, 3.63) is 52.8 Å². The fourth-order valence-electron chi connectivity index (χ4n) is 4.69. The number of hydrogen-bond acceptors (Lipinski definition) is 7. The smallest absolute Gasteiger partial charge is 0.326 e. The highest BCUT2D eigenvalue weighted by Gasteiger charge is 2.32. The summed E-state index contributed by atoms with van der Waals surface area (Å²) in [4.78, 5) is 30.3. The van der Waals surface area contributed by atoms with Gasteiger partial charge < -0.3 is 14.0 Å². The predicted octanol–water partition coefficient (Wildman–Crippen LogP) is 4.36. The van der Waals surface area contributed by atoms with Gasteiger partial charge in [-0.15, -0.1) is 0 Å². The molecule has 9 nitrogen and oxygen atoms in total. The van der Waals surface area contributed by atoms with Gasteiger partial charge in [0.1, 0.15) is 17.8 Å². The average molecular weight is 560 g/mol. The number of aromatic nitrogens is 1. The summed E-state index contributed by atoms with van der Waals surface area (Å²) in [5.41, 5.74) is 0.909. The lowest BCUT2D eigenvalue weighted by Crippen LogP contribution is -2.43. The standard InChI is InChI=1S/C27H33N3O6S2/c1-4-20-10-7-8-17-30(20)38(33,34)21-15-13-19(14-16-21)26(32)28-27-29(18-24(31)36-6-3)25-22(35-5-2)11-9-12-23(25)37-27/h9,11-16,20H,4-8,10,17-18H2,1-3H3. The van der Waals surface area contributed by atoms with E-state index in [4.69, 9.17) is 9.47 Å². The summed E-state index contributed by atoms with van der Waals surface area (Å²) in [5, 5.41) is 0. The molecule has 1 aliphatic rings. The van der Waals surface area contributed by atoms with Gasteiger partial charge in [-0.05, 0) is 69.5 Å². The van der Waals surface area contributed by atoms with Crippen LogP contribution in [0.4, 0.5) is 0 Å². The van der Waals surface area contributed by atoms with Gasteiger partial charge in [0.25, 0.3) is 5.91 Å². The number of piperidine rings is 1. The molecule has 1 amide bonds. The molecule has 1 saturated heterocycles. The molecule has 0 N–H and O–H groups in total. The Balaban J connectivity index is 1.69. The molecule has 1 aromatic heterocycles. The quantitative estimate of drug-likeness (QED) is 0.361. The van der Waals surface area contributed by atoms with Crippen LogP contribution < -0.4 is 9.54 Å². The Kier molecular flexibility index (Phi) is 9.01. The van der Waals surface area contributed by atoms with Gasteiger partial charge in [-0.25, -0.2) is 8.42 Å². The summed E-state index contributed by atoms with van der Waals surface area (Å²) >= 11 is 1.26. The van der Waals surface area contributed by atoms with Gasteiger partial charge in [0.05, 0.1) is 22.8 Å². The van der Waals surface area contributed by atoms with Gasteiger partial charge in [0, 0.05) is 18.2 Å². The highest BCUT2D eigenvalue weighted by molar-refractivity contribution is 7.89. The highest BCUT2D eigenvalue weighted by Crippen LogP contribution is 2.29. The number of carbonyl (C=O) groups is 2. The molecule has 0 spiro atoms. The van der Waals surface area contributed by atoms with Gasteiger partial charge in [-0.2, -0.15) is 9.30 Å². The summed E-state index contributed by atoms with van der Waals surface area (Å²) in [7, 11) is -3.65. The fraction of sp³-hybridized carbons (Fsp3) is 0.444. The van der Waals surface area contributed by atoms with Crippen LogP contribution in [0, 0.1) is 0 Å². The van der Waals surface area contributed by atoms with Gasteiger partial charge in [-0.1, -0.05) is 30.7 Å². The molecule has 3 aromatic rings. The maximum Gasteiger partial charge on any atom is 0.326 e. The molecule has 1 fully saturated rings. The number of sulfonamides is 1. The lowest BCUT2D eigenvalue weighted by Gasteiger charge is -2.34. The van der Waals surface area contributed by atoms with E-state index < -0.39 is 21.9 Å². The summed E-state index contributed by atoms with van der Waals surface area (Å²) in [6.07, 6.45) is 3.49. The normalized spacial score (nSPS) is 17.0. The van der Waals surface area contributed by atoms with Gasteiger partial charge in [0.15, 0.2) is 4.80 Å². The van der Waals surface area contributed by atoms with Crippen molar-refractivity contribution in [2.45, 2.75) is 63.9 Å². The lowest BCUT2D eigenvalue weighted by atomic mass is 10.0. The van der Waals surface area contributed by atoms with E-state index in [2.05, 4.69) is 4.99 Å². The first-order valence-corrected chi connectivity index (χ1v) is 15.2. The van der Waals surface area contributed by atoms with Crippen LogP contribution in [0.15, 0.2) is 52.4 Å². The highest BCUT2D eigenvalue weighted by atomic mass is 32.2. The number of nitrogens with zero attached hydrogens (tertiary/aromatic N) is 3. The van der Waals surface area contributed by atoms with Gasteiger partial charge in [-0.3, -0.25) is 9.59 Å². The zero-order valence-corrected chi connectivity index (χ0v) is 23.5. The number of para-hydroxylation sites is 1. The molecule has 0 saturated carbocycles. The third-order valence-corrected chi connectivity index (χ3v) is 9.52. The third kappa shape index (κ3) is 5.84. The zero-order valence-electron chi connectivity index (χ0n) is 21.9. The predicted molar refractivity (Wildman–Crippen MR) is 146 cm³/mol. The minimum atomic E-state index is -3.65. The molecule has 0 radical (unpaired) electrons. The minimum absolute atomic E-state index is 0.00515. The van der Waals surface area contributed by atoms with Crippen LogP contribution in [-0.2, 0) is 26.1 Å². The third-order valence-electron chi connectivity index (χ3n) is 6.51. The summed E-state index contributed by atoms with van der Waals surface area (Å²) in [6.45, 7) is 6.64. The van der Waals surface area contributed by atoms with Crippen LogP contribution >= 0.6 is 11.3 Å². The van der Waals surface area contributed by atoms with Gasteiger partial charge in [0.2, 0.25) is 10.0 Å². The topological polar surface area (TPSA) is 107 Å². The van der Waals surface area contributed by atoms with E-state index in [9.17, 15) is 18.0 Å². The number of carbonyl (C=O) groups excluding carboxylic acids is 2. The number of rotatable bonds is 9. The molecule has 38 heavy (non-hydrogen) atoms. The maximum atomic E-state index is 13.3. The number of fused-ring (bicyclic) bond motifs is 1. The molecular weight excluding hydrogens is 526 g/mol. The van der Waals surface area contributed by atoms with E-state index in [0.29, 0.717) is 29.2 Å². The minimum Gasteiger partial charge on any atom is -0.492 e. The number of thiazole rings is 1. The molecule has 1 atom stereocenters. The Morgan fingerprint density at radius 1 is 1.05 bits per heavy atom. The van der Waals surface area contributed by atoms with Crippen LogP contribution in [0.1, 0.15) is 56.8 Å².